The molecule has 110 valence electrons. The van der Waals surface area contributed by atoms with Gasteiger partial charge in [0, 0.05) is 24.0 Å². The lowest BCUT2D eigenvalue weighted by atomic mass is 9.76. The van der Waals surface area contributed by atoms with E-state index in [1.165, 1.54) is 12.5 Å². The highest BCUT2D eigenvalue weighted by Crippen LogP contribution is 2.49. The quantitative estimate of drug-likeness (QED) is 0.452. The van der Waals surface area contributed by atoms with Crippen LogP contribution in [0.1, 0.15) is 41.7 Å². The van der Waals surface area contributed by atoms with Gasteiger partial charge in [0.1, 0.15) is 11.9 Å². The van der Waals surface area contributed by atoms with Crippen LogP contribution in [0, 0.1) is 19.8 Å². The van der Waals surface area contributed by atoms with Gasteiger partial charge in [-0.05, 0) is 49.4 Å². The molecular weight excluding hydrogens is 268 g/mol. The highest BCUT2D eigenvalue weighted by atomic mass is 16.6. The SMILES string of the molecule is C=C1C(=O)O[C@H]2c3c(C)c(OC(C)=O)cc(C)c3CC[C@@H]12. The van der Waals surface area contributed by atoms with Crippen molar-refractivity contribution in [1.29, 1.82) is 0 Å². The van der Waals surface area contributed by atoms with E-state index < -0.39 is 0 Å². The minimum atomic E-state index is -0.349. The number of aryl methyl sites for hydroxylation is 1. The molecule has 0 bridgehead atoms. The van der Waals surface area contributed by atoms with Gasteiger partial charge in [-0.1, -0.05) is 6.58 Å². The van der Waals surface area contributed by atoms with Crippen LogP contribution in [0.25, 0.3) is 0 Å². The Labute approximate surface area is 123 Å². The van der Waals surface area contributed by atoms with Gasteiger partial charge >= 0.3 is 11.9 Å². The third kappa shape index (κ3) is 2.06. The number of esters is 2. The topological polar surface area (TPSA) is 52.6 Å². The lowest BCUT2D eigenvalue weighted by molar-refractivity contribution is -0.139. The van der Waals surface area contributed by atoms with E-state index in [1.807, 2.05) is 19.9 Å². The second-order valence-corrected chi connectivity index (χ2v) is 5.80. The summed E-state index contributed by atoms with van der Waals surface area (Å²) < 4.78 is 10.8. The molecule has 4 heteroatoms. The Balaban J connectivity index is 2.15. The molecule has 0 unspecified atom stereocenters. The van der Waals surface area contributed by atoms with E-state index in [0.29, 0.717) is 11.3 Å². The van der Waals surface area contributed by atoms with E-state index in [1.54, 1.807) is 0 Å². The van der Waals surface area contributed by atoms with Gasteiger partial charge in [-0.3, -0.25) is 4.79 Å². The van der Waals surface area contributed by atoms with E-state index in [-0.39, 0.29) is 24.0 Å². The van der Waals surface area contributed by atoms with Crippen molar-refractivity contribution in [2.24, 2.45) is 5.92 Å². The summed E-state index contributed by atoms with van der Waals surface area (Å²) in [5.74, 6) is -0.0749. The molecule has 0 N–H and O–H groups in total. The molecule has 1 heterocycles. The van der Waals surface area contributed by atoms with Crippen molar-refractivity contribution < 1.29 is 19.1 Å². The zero-order valence-electron chi connectivity index (χ0n) is 12.5. The summed E-state index contributed by atoms with van der Waals surface area (Å²) in [7, 11) is 0. The van der Waals surface area contributed by atoms with Crippen molar-refractivity contribution >= 4 is 11.9 Å². The van der Waals surface area contributed by atoms with Crippen LogP contribution in [0.15, 0.2) is 18.2 Å². The molecular formula is C17H18O4. The maximum Gasteiger partial charge on any atom is 0.334 e. The zero-order chi connectivity index (χ0) is 15.3. The van der Waals surface area contributed by atoms with Gasteiger partial charge in [-0.25, -0.2) is 4.79 Å². The summed E-state index contributed by atoms with van der Waals surface area (Å²) in [5, 5.41) is 0. The summed E-state index contributed by atoms with van der Waals surface area (Å²) in [5.41, 5.74) is 4.70. The molecule has 0 radical (unpaired) electrons. The monoisotopic (exact) mass is 286 g/mol. The molecule has 1 aliphatic carbocycles. The largest absolute Gasteiger partial charge is 0.453 e. The van der Waals surface area contributed by atoms with Crippen molar-refractivity contribution in [3.05, 3.63) is 40.5 Å². The second kappa shape index (κ2) is 4.72. The Morgan fingerprint density at radius 2 is 2.14 bits per heavy atom. The number of carbonyl (C=O) groups excluding carboxylic acids is 2. The molecule has 0 aromatic heterocycles. The van der Waals surface area contributed by atoms with E-state index in [2.05, 4.69) is 6.58 Å². The number of hydrogen-bond acceptors (Lipinski definition) is 4. The normalized spacial score (nSPS) is 23.4. The van der Waals surface area contributed by atoms with Gasteiger partial charge in [0.05, 0.1) is 0 Å². The van der Waals surface area contributed by atoms with E-state index in [4.69, 9.17) is 9.47 Å². The van der Waals surface area contributed by atoms with Crippen LogP contribution in [0.5, 0.6) is 5.75 Å². The molecule has 3 rings (SSSR count). The van der Waals surface area contributed by atoms with Crippen LogP contribution >= 0.6 is 0 Å². The molecule has 0 saturated carbocycles. The second-order valence-electron chi connectivity index (χ2n) is 5.80. The van der Waals surface area contributed by atoms with Gasteiger partial charge in [0.25, 0.3) is 0 Å². The number of rotatable bonds is 1. The van der Waals surface area contributed by atoms with Gasteiger partial charge in [0.2, 0.25) is 0 Å². The van der Waals surface area contributed by atoms with Gasteiger partial charge in [0.15, 0.2) is 0 Å². The summed E-state index contributed by atoms with van der Waals surface area (Å²) >= 11 is 0. The summed E-state index contributed by atoms with van der Waals surface area (Å²) in [6.45, 7) is 9.15. The Kier molecular flexibility index (Phi) is 3.12. The molecule has 0 amide bonds. The molecule has 21 heavy (non-hydrogen) atoms. The predicted molar refractivity (Wildman–Crippen MR) is 77.0 cm³/mol. The van der Waals surface area contributed by atoms with Crippen LogP contribution in [0.2, 0.25) is 0 Å². The average molecular weight is 286 g/mol. The third-order valence-corrected chi connectivity index (χ3v) is 4.48. The smallest absolute Gasteiger partial charge is 0.334 e. The number of carbonyl (C=O) groups is 2. The third-order valence-electron chi connectivity index (χ3n) is 4.48. The molecule has 2 aliphatic rings. The van der Waals surface area contributed by atoms with Crippen LogP contribution in [-0.2, 0) is 20.7 Å². The van der Waals surface area contributed by atoms with E-state index in [0.717, 1.165) is 29.5 Å². The molecule has 0 spiro atoms. The molecule has 1 aliphatic heterocycles. The minimum absolute atomic E-state index is 0.0377. The first kappa shape index (κ1) is 13.9. The summed E-state index contributed by atoms with van der Waals surface area (Å²) in [6, 6.07) is 1.89. The first-order chi connectivity index (χ1) is 9.90. The van der Waals surface area contributed by atoms with Crippen molar-refractivity contribution in [3.8, 4) is 5.75 Å². The highest BCUT2D eigenvalue weighted by molar-refractivity contribution is 5.91. The van der Waals surface area contributed by atoms with Gasteiger partial charge in [-0.2, -0.15) is 0 Å². The Hall–Kier alpha value is -2.10. The Morgan fingerprint density at radius 3 is 2.81 bits per heavy atom. The average Bonchev–Trinajstić information content (AvgIpc) is 2.70. The minimum Gasteiger partial charge on any atom is -0.453 e. The molecule has 1 saturated heterocycles. The van der Waals surface area contributed by atoms with Crippen molar-refractivity contribution in [1.82, 2.24) is 0 Å². The fourth-order valence-electron chi connectivity index (χ4n) is 3.43. The van der Waals surface area contributed by atoms with E-state index >= 15 is 0 Å². The number of fused-ring (bicyclic) bond motifs is 3. The summed E-state index contributed by atoms with van der Waals surface area (Å²) in [6.07, 6.45) is 1.47. The number of ether oxygens (including phenoxy) is 2. The Bertz CT molecular complexity index is 672. The lowest BCUT2D eigenvalue weighted by Crippen LogP contribution is -2.20. The lowest BCUT2D eigenvalue weighted by Gasteiger charge is -2.30. The predicted octanol–water partition coefficient (Wildman–Crippen LogP) is 2.95. The standard InChI is InChI=1S/C17H18O4/c1-8-7-14(20-11(4)18)10(3)15-12(8)5-6-13-9(2)17(19)21-16(13)15/h7,13,16H,2,5-6H2,1,3-4H3/t13-,16+/m0/s1. The zero-order valence-corrected chi connectivity index (χ0v) is 12.5. The van der Waals surface area contributed by atoms with E-state index in [9.17, 15) is 9.59 Å². The fourth-order valence-corrected chi connectivity index (χ4v) is 3.43. The molecule has 1 fully saturated rings. The molecule has 1 aromatic carbocycles. The van der Waals surface area contributed by atoms with Crippen molar-refractivity contribution in [3.63, 3.8) is 0 Å². The highest BCUT2D eigenvalue weighted by Gasteiger charge is 2.44. The van der Waals surface area contributed by atoms with Crippen LogP contribution in [0.4, 0.5) is 0 Å². The molecule has 1 aromatic rings. The molecule has 2 atom stereocenters. The maximum atomic E-state index is 11.8. The first-order valence-electron chi connectivity index (χ1n) is 7.11. The van der Waals surface area contributed by atoms with Crippen LogP contribution in [0.3, 0.4) is 0 Å². The van der Waals surface area contributed by atoms with Crippen LogP contribution < -0.4 is 4.74 Å². The fraction of sp³-hybridized carbons (Fsp3) is 0.412. The first-order valence-corrected chi connectivity index (χ1v) is 7.11. The van der Waals surface area contributed by atoms with Gasteiger partial charge in [-0.15, -0.1) is 0 Å². The van der Waals surface area contributed by atoms with Crippen molar-refractivity contribution in [2.75, 3.05) is 0 Å². The number of hydrogen-bond donors (Lipinski definition) is 0. The summed E-state index contributed by atoms with van der Waals surface area (Å²) in [4.78, 5) is 23.1. The van der Waals surface area contributed by atoms with Crippen molar-refractivity contribution in [2.45, 2.75) is 39.7 Å². The maximum absolute atomic E-state index is 11.8. The molecule has 4 nitrogen and oxygen atoms in total. The van der Waals surface area contributed by atoms with Gasteiger partial charge < -0.3 is 9.47 Å². The van der Waals surface area contributed by atoms with Crippen LogP contribution in [-0.4, -0.2) is 11.9 Å². The Morgan fingerprint density at radius 1 is 1.43 bits per heavy atom. The number of benzene rings is 1.